The van der Waals surface area contributed by atoms with Crippen LogP contribution in [0.4, 0.5) is 0 Å². The lowest BCUT2D eigenvalue weighted by Crippen LogP contribution is -2.37. The van der Waals surface area contributed by atoms with Crippen molar-refractivity contribution in [3.8, 4) is 11.5 Å². The number of rotatable bonds is 1. The van der Waals surface area contributed by atoms with Crippen molar-refractivity contribution in [2.45, 2.75) is 56.4 Å². The van der Waals surface area contributed by atoms with Crippen molar-refractivity contribution in [2.24, 2.45) is 0 Å². The van der Waals surface area contributed by atoms with E-state index < -0.39 is 42.6 Å². The monoisotopic (exact) mass is 380 g/mol. The Morgan fingerprint density at radius 1 is 1.22 bits per heavy atom. The lowest BCUT2D eigenvalue weighted by molar-refractivity contribution is -0.0464. The minimum absolute atomic E-state index is 0.00809. The third kappa shape index (κ3) is 4.24. The number of carbonyl (C=O) groups excluding carboxylic acids is 1. The summed E-state index contributed by atoms with van der Waals surface area (Å²) >= 11 is 0. The zero-order valence-corrected chi connectivity index (χ0v) is 15.1. The second-order valence-electron chi connectivity index (χ2n) is 6.87. The first kappa shape index (κ1) is 19.6. The molecule has 1 fully saturated rings. The van der Waals surface area contributed by atoms with Crippen LogP contribution in [0.5, 0.6) is 11.5 Å². The maximum atomic E-state index is 12.6. The van der Waals surface area contributed by atoms with E-state index in [2.05, 4.69) is 0 Å². The number of aliphatic hydroxyl groups excluding tert-OH is 3. The van der Waals surface area contributed by atoms with E-state index in [9.17, 15) is 25.2 Å². The molecule has 0 aromatic heterocycles. The average molecular weight is 380 g/mol. The Labute approximate surface area is 156 Å². The van der Waals surface area contributed by atoms with Crippen molar-refractivity contribution in [3.05, 3.63) is 35.4 Å². The highest BCUT2D eigenvalue weighted by molar-refractivity contribution is 5.95. The predicted octanol–water partition coefficient (Wildman–Crippen LogP) is 0.819. The number of cyclic esters (lactones) is 1. The van der Waals surface area contributed by atoms with Crippen LogP contribution in [-0.2, 0) is 9.47 Å². The Balaban J connectivity index is 1.97. The third-order valence-corrected chi connectivity index (χ3v) is 4.78. The van der Waals surface area contributed by atoms with Gasteiger partial charge in [0.2, 0.25) is 0 Å². The Kier molecular flexibility index (Phi) is 5.71. The Morgan fingerprint density at radius 3 is 2.67 bits per heavy atom. The van der Waals surface area contributed by atoms with Gasteiger partial charge >= 0.3 is 5.97 Å². The number of hydrogen-bond donors (Lipinski definition) is 4. The standard InChI is InChI=1S/C19H24O8/c1-9-4-3-5-12(20)17(23)14(22)8-15-18(27-15)11-6-10(25-2)7-13(21)16(11)19(24)26-9/h3,5-7,9,12,14-15,17-18,20-23H,4,8H2,1-2H3/b5-3+/t9-,12+,14-,15+,17+,18+/m0/s1. The molecule has 0 radical (unpaired) electrons. The Bertz CT molecular complexity index is 731. The summed E-state index contributed by atoms with van der Waals surface area (Å²) in [7, 11) is 1.43. The number of aliphatic hydroxyl groups is 3. The topological polar surface area (TPSA) is 129 Å². The fourth-order valence-electron chi connectivity index (χ4n) is 3.20. The maximum absolute atomic E-state index is 12.6. The number of epoxide rings is 1. The number of phenols is 1. The lowest BCUT2D eigenvalue weighted by atomic mass is 9.96. The molecule has 0 spiro atoms. The number of fused-ring (bicyclic) bond motifs is 3. The molecule has 6 atom stereocenters. The molecule has 4 N–H and O–H groups in total. The van der Waals surface area contributed by atoms with Crippen molar-refractivity contribution >= 4 is 5.97 Å². The number of aromatic hydroxyl groups is 1. The molecule has 0 amide bonds. The third-order valence-electron chi connectivity index (χ3n) is 4.78. The Morgan fingerprint density at radius 2 is 1.96 bits per heavy atom. The van der Waals surface area contributed by atoms with Crippen LogP contribution >= 0.6 is 0 Å². The van der Waals surface area contributed by atoms with Crippen molar-refractivity contribution < 1.29 is 39.4 Å². The van der Waals surface area contributed by atoms with Gasteiger partial charge in [0.05, 0.1) is 19.3 Å². The van der Waals surface area contributed by atoms with Crippen LogP contribution in [0.15, 0.2) is 24.3 Å². The minimum atomic E-state index is -1.37. The van der Waals surface area contributed by atoms with E-state index in [1.165, 1.54) is 19.3 Å². The van der Waals surface area contributed by atoms with E-state index in [0.717, 1.165) is 0 Å². The summed E-state index contributed by atoms with van der Waals surface area (Å²) in [6.45, 7) is 1.67. The van der Waals surface area contributed by atoms with Crippen molar-refractivity contribution in [2.75, 3.05) is 7.11 Å². The fourth-order valence-corrected chi connectivity index (χ4v) is 3.20. The normalized spacial score (nSPS) is 35.2. The number of esters is 1. The molecule has 1 aromatic rings. The van der Waals surface area contributed by atoms with E-state index in [-0.39, 0.29) is 17.7 Å². The van der Waals surface area contributed by atoms with Gasteiger partial charge in [-0.2, -0.15) is 0 Å². The van der Waals surface area contributed by atoms with Gasteiger partial charge in [0.15, 0.2) is 0 Å². The van der Waals surface area contributed by atoms with Gasteiger partial charge in [0.25, 0.3) is 0 Å². The Hall–Kier alpha value is -2.13. The molecule has 148 valence electrons. The molecule has 0 saturated carbocycles. The second-order valence-corrected chi connectivity index (χ2v) is 6.87. The zero-order valence-electron chi connectivity index (χ0n) is 15.1. The van der Waals surface area contributed by atoms with E-state index in [1.807, 2.05) is 0 Å². The summed E-state index contributed by atoms with van der Waals surface area (Å²) in [6.07, 6.45) is -2.15. The molecule has 0 aliphatic carbocycles. The first-order valence-electron chi connectivity index (χ1n) is 8.80. The minimum Gasteiger partial charge on any atom is -0.507 e. The highest BCUT2D eigenvalue weighted by Gasteiger charge is 2.45. The smallest absolute Gasteiger partial charge is 0.342 e. The second kappa shape index (κ2) is 7.85. The molecule has 2 aliphatic rings. The molecule has 0 bridgehead atoms. The molecule has 1 aromatic carbocycles. The molecule has 0 unspecified atom stereocenters. The van der Waals surface area contributed by atoms with E-state index >= 15 is 0 Å². The number of benzene rings is 1. The van der Waals surface area contributed by atoms with Gasteiger partial charge in [-0.1, -0.05) is 12.2 Å². The summed E-state index contributed by atoms with van der Waals surface area (Å²) in [6, 6.07) is 2.90. The van der Waals surface area contributed by atoms with Gasteiger partial charge in [-0.05, 0) is 13.0 Å². The summed E-state index contributed by atoms with van der Waals surface area (Å²) in [5, 5.41) is 40.5. The molecule has 2 aliphatic heterocycles. The molecular weight excluding hydrogens is 356 g/mol. The van der Waals surface area contributed by atoms with Crippen LogP contribution in [0.1, 0.15) is 41.8 Å². The van der Waals surface area contributed by atoms with Gasteiger partial charge < -0.3 is 34.6 Å². The van der Waals surface area contributed by atoms with Gasteiger partial charge in [-0.15, -0.1) is 0 Å². The van der Waals surface area contributed by atoms with Crippen LogP contribution < -0.4 is 4.74 Å². The van der Waals surface area contributed by atoms with E-state index in [4.69, 9.17) is 14.2 Å². The number of hydrogen-bond acceptors (Lipinski definition) is 8. The summed E-state index contributed by atoms with van der Waals surface area (Å²) in [5.74, 6) is -0.630. The molecule has 8 nitrogen and oxygen atoms in total. The SMILES string of the molecule is COc1cc(O)c2c(c1)[C@H]1O[C@@H]1C[C@H](O)[C@H](O)[C@H](O)/C=C/C[C@H](C)OC2=O. The number of ether oxygens (including phenoxy) is 3. The number of carbonyl (C=O) groups is 1. The first-order chi connectivity index (χ1) is 12.8. The largest absolute Gasteiger partial charge is 0.507 e. The lowest BCUT2D eigenvalue weighted by Gasteiger charge is -2.21. The zero-order chi connectivity index (χ0) is 19.7. The molecule has 27 heavy (non-hydrogen) atoms. The highest BCUT2D eigenvalue weighted by atomic mass is 16.6. The van der Waals surface area contributed by atoms with Crippen LogP contribution in [0.2, 0.25) is 0 Å². The molecular formula is C19H24O8. The van der Waals surface area contributed by atoms with E-state index in [0.29, 0.717) is 17.7 Å². The van der Waals surface area contributed by atoms with Gasteiger partial charge in [-0.25, -0.2) is 4.79 Å². The average Bonchev–Trinajstić information content (AvgIpc) is 3.38. The molecule has 2 heterocycles. The highest BCUT2D eigenvalue weighted by Crippen LogP contribution is 2.46. The van der Waals surface area contributed by atoms with Gasteiger partial charge in [-0.3, -0.25) is 0 Å². The van der Waals surface area contributed by atoms with Crippen LogP contribution in [0, 0.1) is 0 Å². The van der Waals surface area contributed by atoms with Crippen LogP contribution in [0.3, 0.4) is 0 Å². The van der Waals surface area contributed by atoms with Crippen molar-refractivity contribution in [1.82, 2.24) is 0 Å². The number of phenolic OH excluding ortho intramolecular Hbond substituents is 1. The molecule has 8 heteroatoms. The van der Waals surface area contributed by atoms with E-state index in [1.54, 1.807) is 19.1 Å². The van der Waals surface area contributed by atoms with Crippen molar-refractivity contribution in [3.63, 3.8) is 0 Å². The first-order valence-corrected chi connectivity index (χ1v) is 8.80. The van der Waals surface area contributed by atoms with Gasteiger partial charge in [0, 0.05) is 24.5 Å². The quantitative estimate of drug-likeness (QED) is 0.320. The molecule has 1 saturated heterocycles. The number of methoxy groups -OCH3 is 1. The van der Waals surface area contributed by atoms with Crippen LogP contribution in [0.25, 0.3) is 0 Å². The van der Waals surface area contributed by atoms with Crippen LogP contribution in [-0.4, -0.2) is 64.0 Å². The summed E-state index contributed by atoms with van der Waals surface area (Å²) in [5.41, 5.74) is 0.384. The van der Waals surface area contributed by atoms with Crippen molar-refractivity contribution in [1.29, 1.82) is 0 Å². The van der Waals surface area contributed by atoms with Gasteiger partial charge in [0.1, 0.15) is 41.5 Å². The molecule has 3 rings (SSSR count). The summed E-state index contributed by atoms with van der Waals surface area (Å²) < 4.78 is 16.1. The summed E-state index contributed by atoms with van der Waals surface area (Å²) in [4.78, 5) is 12.6. The maximum Gasteiger partial charge on any atom is 0.342 e. The predicted molar refractivity (Wildman–Crippen MR) is 93.5 cm³/mol. The fraction of sp³-hybridized carbons (Fsp3) is 0.526.